The Kier molecular flexibility index (Phi) is 6.94. The predicted octanol–water partition coefficient (Wildman–Crippen LogP) is 11.5. The van der Waals surface area contributed by atoms with Crippen LogP contribution in [0.3, 0.4) is 0 Å². The Morgan fingerprint density at radius 1 is 0.418 bits per heavy atom. The molecule has 12 rings (SSSR count). The zero-order valence-corrected chi connectivity index (χ0v) is 31.3. The molecule has 5 aliphatic rings. The van der Waals surface area contributed by atoms with Crippen molar-refractivity contribution < 1.29 is 0 Å². The van der Waals surface area contributed by atoms with E-state index in [9.17, 15) is 0 Å². The van der Waals surface area contributed by atoms with Crippen LogP contribution in [-0.2, 0) is 18.3 Å². The van der Waals surface area contributed by atoms with Crippen molar-refractivity contribution in [3.8, 4) is 22.3 Å². The Bertz CT molecular complexity index is 2670. The zero-order valence-electron chi connectivity index (χ0n) is 31.3. The van der Waals surface area contributed by atoms with Crippen LogP contribution < -0.4 is 26.2 Å². The summed E-state index contributed by atoms with van der Waals surface area (Å²) in [7, 11) is 0. The molecular formula is C52H43BN2. The van der Waals surface area contributed by atoms with Crippen molar-refractivity contribution >= 4 is 57.2 Å². The van der Waals surface area contributed by atoms with E-state index in [-0.39, 0.29) is 12.1 Å². The van der Waals surface area contributed by atoms with Gasteiger partial charge in [0.2, 0.25) is 0 Å². The van der Waals surface area contributed by atoms with E-state index in [1.54, 1.807) is 11.1 Å². The lowest BCUT2D eigenvalue weighted by atomic mass is 9.33. The monoisotopic (exact) mass is 706 g/mol. The number of aryl methyl sites for hydroxylation is 2. The average molecular weight is 707 g/mol. The first-order chi connectivity index (χ1) is 27.3. The van der Waals surface area contributed by atoms with Crippen molar-refractivity contribution in [2.24, 2.45) is 0 Å². The fourth-order valence-electron chi connectivity index (χ4n) is 11.5. The molecule has 0 bridgehead atoms. The second-order valence-electron chi connectivity index (χ2n) is 16.5. The third-order valence-corrected chi connectivity index (χ3v) is 13.8. The molecule has 3 aliphatic carbocycles. The van der Waals surface area contributed by atoms with Gasteiger partial charge < -0.3 is 9.80 Å². The summed E-state index contributed by atoms with van der Waals surface area (Å²) in [6, 6.07) is 58.4. The standard InChI is InChI=1S/C52H43BN2/c1-3-17-35-18-7-8-23-38(35)50-36(19-4-1)20-15-28-46(50)55-48-30-16-29-47-51(48)53(43-26-11-12-27-45(43)54(47)37-21-5-2-6-22-37)44-33-40-39-24-9-10-25-41(39)52(31-13-14-32-52)42(40)34-49(44)55/h2,5-12,15-16,18,20-30,33-34H,1,3-4,13-14,17,19,31-32H2. The molecule has 55 heavy (non-hydrogen) atoms. The molecule has 7 aromatic carbocycles. The summed E-state index contributed by atoms with van der Waals surface area (Å²) in [6.07, 6.45) is 11.0. The second kappa shape index (κ2) is 12.1. The van der Waals surface area contributed by atoms with E-state index in [4.69, 9.17) is 0 Å². The summed E-state index contributed by atoms with van der Waals surface area (Å²) in [5, 5.41) is 0. The smallest absolute Gasteiger partial charge is 0.252 e. The van der Waals surface area contributed by atoms with Crippen molar-refractivity contribution in [1.82, 2.24) is 0 Å². The molecule has 0 N–H and O–H groups in total. The maximum atomic E-state index is 2.71. The molecule has 2 aliphatic heterocycles. The van der Waals surface area contributed by atoms with E-state index < -0.39 is 0 Å². The quantitative estimate of drug-likeness (QED) is 0.165. The third-order valence-electron chi connectivity index (χ3n) is 13.8. The Balaban J connectivity index is 1.20. The summed E-state index contributed by atoms with van der Waals surface area (Å²) in [5.74, 6) is 0. The normalized spacial score (nSPS) is 16.8. The lowest BCUT2D eigenvalue weighted by Crippen LogP contribution is -2.61. The number of nitrogens with zero attached hydrogens (tertiary/aromatic N) is 2. The number of hydrogen-bond acceptors (Lipinski definition) is 2. The van der Waals surface area contributed by atoms with Crippen LogP contribution in [0, 0.1) is 0 Å². The molecule has 264 valence electrons. The van der Waals surface area contributed by atoms with Gasteiger partial charge in [-0.05, 0) is 136 Å². The first-order valence-corrected chi connectivity index (χ1v) is 20.7. The molecule has 0 amide bonds. The van der Waals surface area contributed by atoms with Crippen LogP contribution in [0.4, 0.5) is 34.1 Å². The number of benzene rings is 7. The fraction of sp³-hybridized carbons (Fsp3) is 0.192. The molecule has 1 saturated carbocycles. The maximum absolute atomic E-state index is 2.71. The minimum absolute atomic E-state index is 0.0827. The van der Waals surface area contributed by atoms with Crippen molar-refractivity contribution in [2.45, 2.75) is 63.2 Å². The summed E-state index contributed by atoms with van der Waals surface area (Å²) < 4.78 is 0. The van der Waals surface area contributed by atoms with E-state index in [0.717, 1.165) is 12.8 Å². The largest absolute Gasteiger partial charge is 0.311 e. The van der Waals surface area contributed by atoms with Gasteiger partial charge >= 0.3 is 0 Å². The van der Waals surface area contributed by atoms with E-state index in [1.807, 2.05) is 0 Å². The van der Waals surface area contributed by atoms with Gasteiger partial charge in [0, 0.05) is 39.4 Å². The molecule has 0 radical (unpaired) electrons. The molecule has 1 fully saturated rings. The summed E-state index contributed by atoms with van der Waals surface area (Å²) in [4.78, 5) is 5.22. The SMILES string of the molecule is c1ccc(N2c3ccccc3B3c4cc5c(cc4N(c4cccc6c4-c4ccccc4CCCCC6)c4cccc2c43)C2(CCCC2)c2ccccc2-5)cc1. The molecule has 0 atom stereocenters. The second-order valence-corrected chi connectivity index (χ2v) is 16.5. The summed E-state index contributed by atoms with van der Waals surface area (Å²) in [6.45, 7) is 0.104. The molecule has 0 unspecified atom stereocenters. The van der Waals surface area contributed by atoms with Crippen LogP contribution in [0.1, 0.15) is 67.2 Å². The molecule has 2 heterocycles. The van der Waals surface area contributed by atoms with E-state index in [2.05, 4.69) is 161 Å². The van der Waals surface area contributed by atoms with Gasteiger partial charge in [0.15, 0.2) is 0 Å². The first-order valence-electron chi connectivity index (χ1n) is 20.7. The summed E-state index contributed by atoms with van der Waals surface area (Å²) in [5.41, 5.74) is 23.7. The minimum atomic E-state index is 0.0827. The number of anilines is 6. The van der Waals surface area contributed by atoms with Crippen molar-refractivity contribution in [3.63, 3.8) is 0 Å². The Morgan fingerprint density at radius 3 is 1.95 bits per heavy atom. The Morgan fingerprint density at radius 2 is 1.07 bits per heavy atom. The van der Waals surface area contributed by atoms with Crippen molar-refractivity contribution in [2.75, 3.05) is 9.80 Å². The number of para-hydroxylation sites is 2. The Labute approximate surface area is 325 Å². The molecule has 2 nitrogen and oxygen atoms in total. The van der Waals surface area contributed by atoms with E-state index in [0.29, 0.717) is 0 Å². The third kappa shape index (κ3) is 4.44. The van der Waals surface area contributed by atoms with Crippen molar-refractivity contribution in [3.05, 3.63) is 174 Å². The molecule has 1 spiro atoms. The van der Waals surface area contributed by atoms with Crippen LogP contribution in [0.25, 0.3) is 22.3 Å². The highest BCUT2D eigenvalue weighted by Crippen LogP contribution is 2.58. The molecular weight excluding hydrogens is 663 g/mol. The van der Waals surface area contributed by atoms with E-state index in [1.165, 1.54) is 129 Å². The van der Waals surface area contributed by atoms with Crippen LogP contribution in [0.2, 0.25) is 0 Å². The highest BCUT2D eigenvalue weighted by molar-refractivity contribution is 7.00. The van der Waals surface area contributed by atoms with Gasteiger partial charge in [-0.15, -0.1) is 0 Å². The zero-order chi connectivity index (χ0) is 36.1. The van der Waals surface area contributed by atoms with Gasteiger partial charge in [-0.3, -0.25) is 0 Å². The fourth-order valence-corrected chi connectivity index (χ4v) is 11.5. The van der Waals surface area contributed by atoms with Crippen LogP contribution in [0.15, 0.2) is 152 Å². The molecule has 0 saturated heterocycles. The molecule has 3 heteroatoms. The number of fused-ring (bicyclic) bond motifs is 12. The molecule has 7 aromatic rings. The van der Waals surface area contributed by atoms with Gasteiger partial charge in [-0.1, -0.05) is 128 Å². The van der Waals surface area contributed by atoms with Crippen LogP contribution in [0.5, 0.6) is 0 Å². The highest BCUT2D eigenvalue weighted by atomic mass is 15.2. The number of hydrogen-bond donors (Lipinski definition) is 0. The van der Waals surface area contributed by atoms with Gasteiger partial charge in [-0.25, -0.2) is 0 Å². The lowest BCUT2D eigenvalue weighted by molar-refractivity contribution is 0.550. The minimum Gasteiger partial charge on any atom is -0.311 e. The van der Waals surface area contributed by atoms with Gasteiger partial charge in [0.25, 0.3) is 6.71 Å². The van der Waals surface area contributed by atoms with Crippen molar-refractivity contribution in [1.29, 1.82) is 0 Å². The number of rotatable bonds is 2. The maximum Gasteiger partial charge on any atom is 0.252 e. The summed E-state index contributed by atoms with van der Waals surface area (Å²) >= 11 is 0. The Hall–Kier alpha value is -5.80. The molecule has 0 aromatic heterocycles. The topological polar surface area (TPSA) is 6.48 Å². The highest BCUT2D eigenvalue weighted by Gasteiger charge is 2.49. The van der Waals surface area contributed by atoms with Gasteiger partial charge in [0.1, 0.15) is 0 Å². The van der Waals surface area contributed by atoms with Crippen LogP contribution in [-0.4, -0.2) is 6.71 Å². The van der Waals surface area contributed by atoms with Gasteiger partial charge in [0.05, 0.1) is 5.69 Å². The average Bonchev–Trinajstić information content (AvgIpc) is 3.86. The van der Waals surface area contributed by atoms with Crippen LogP contribution >= 0.6 is 0 Å². The predicted molar refractivity (Wildman–Crippen MR) is 232 cm³/mol. The lowest BCUT2D eigenvalue weighted by Gasteiger charge is -2.45. The van der Waals surface area contributed by atoms with E-state index >= 15 is 0 Å². The first kappa shape index (κ1) is 31.5. The van der Waals surface area contributed by atoms with Gasteiger partial charge in [-0.2, -0.15) is 0 Å².